The van der Waals surface area contributed by atoms with Crippen LogP contribution >= 0.6 is 0 Å². The highest BCUT2D eigenvalue weighted by molar-refractivity contribution is 5.67. The zero-order valence-corrected chi connectivity index (χ0v) is 19.7. The van der Waals surface area contributed by atoms with Crippen LogP contribution in [0.25, 0.3) is 22.7 Å². The lowest BCUT2D eigenvalue weighted by Crippen LogP contribution is -2.04. The van der Waals surface area contributed by atoms with Crippen molar-refractivity contribution in [3.8, 4) is 28.5 Å². The third-order valence-corrected chi connectivity index (χ3v) is 5.76. The van der Waals surface area contributed by atoms with Crippen molar-refractivity contribution in [2.45, 2.75) is 40.0 Å². The number of rotatable bonds is 9. The summed E-state index contributed by atoms with van der Waals surface area (Å²) in [5, 5.41) is 8.87. The molecule has 2 aromatic carbocycles. The number of nitrogens with zero attached hydrogens (tertiary/aromatic N) is 2. The van der Waals surface area contributed by atoms with Crippen LogP contribution in [0.1, 0.15) is 34.6 Å². The van der Waals surface area contributed by atoms with Gasteiger partial charge in [0.25, 0.3) is 0 Å². The molecule has 0 bridgehead atoms. The maximum Gasteiger partial charge on any atom is 0.303 e. The van der Waals surface area contributed by atoms with Crippen LogP contribution in [-0.4, -0.2) is 27.7 Å². The summed E-state index contributed by atoms with van der Waals surface area (Å²) in [4.78, 5) is 19.9. The molecule has 4 rings (SSSR count). The van der Waals surface area contributed by atoms with E-state index in [1.165, 1.54) is 0 Å². The van der Waals surface area contributed by atoms with Gasteiger partial charge in [0.2, 0.25) is 5.89 Å². The number of benzene rings is 2. The van der Waals surface area contributed by atoms with E-state index in [0.29, 0.717) is 25.3 Å². The van der Waals surface area contributed by atoms with Crippen LogP contribution in [0.15, 0.2) is 65.2 Å². The van der Waals surface area contributed by atoms with Gasteiger partial charge in [0.05, 0.1) is 18.0 Å². The number of aliphatic carboxylic acids is 1. The number of aromatic nitrogens is 2. The summed E-state index contributed by atoms with van der Waals surface area (Å²) >= 11 is 0. The van der Waals surface area contributed by atoms with Gasteiger partial charge < -0.3 is 14.3 Å². The van der Waals surface area contributed by atoms with Crippen molar-refractivity contribution in [3.63, 3.8) is 0 Å². The van der Waals surface area contributed by atoms with E-state index < -0.39 is 5.97 Å². The van der Waals surface area contributed by atoms with Crippen molar-refractivity contribution < 1.29 is 19.1 Å². The molecule has 0 fully saturated rings. The number of aryl methyl sites for hydroxylation is 4. The molecule has 0 saturated carbocycles. The third-order valence-electron chi connectivity index (χ3n) is 5.76. The Bertz CT molecular complexity index is 1280. The average Bonchev–Trinajstić information content (AvgIpc) is 3.19. The second-order valence-corrected chi connectivity index (χ2v) is 8.40. The van der Waals surface area contributed by atoms with Crippen LogP contribution in [0.4, 0.5) is 0 Å². The highest BCUT2D eigenvalue weighted by atomic mass is 16.5. The summed E-state index contributed by atoms with van der Waals surface area (Å²) in [7, 11) is 0. The molecule has 0 unspecified atom stereocenters. The van der Waals surface area contributed by atoms with E-state index >= 15 is 0 Å². The van der Waals surface area contributed by atoms with E-state index in [4.69, 9.17) is 14.3 Å². The smallest absolute Gasteiger partial charge is 0.303 e. The standard InChI is InChI=1S/C28H28N2O4/c1-18-4-12-26(29-17-18)22-5-7-23(8-6-22)28-30-25(20(3)34-28)14-15-33-24-11-9-21(19(2)16-24)10-13-27(31)32/h4-9,11-12,16-17H,10,13-15H2,1-3H3,(H,31,32). The van der Waals surface area contributed by atoms with E-state index in [-0.39, 0.29) is 6.42 Å². The molecule has 174 valence electrons. The highest BCUT2D eigenvalue weighted by Crippen LogP contribution is 2.26. The first kappa shape index (κ1) is 23.2. The Balaban J connectivity index is 1.36. The molecule has 6 heteroatoms. The molecule has 0 amide bonds. The van der Waals surface area contributed by atoms with Gasteiger partial charge in [0.15, 0.2) is 0 Å². The molecule has 4 aromatic rings. The summed E-state index contributed by atoms with van der Waals surface area (Å²) in [6, 6.07) is 17.9. The number of carboxylic acid groups (broad SMARTS) is 1. The molecule has 0 aliphatic rings. The van der Waals surface area contributed by atoms with Crippen molar-refractivity contribution in [2.24, 2.45) is 0 Å². The predicted octanol–water partition coefficient (Wildman–Crippen LogP) is 5.97. The second-order valence-electron chi connectivity index (χ2n) is 8.40. The van der Waals surface area contributed by atoms with E-state index in [0.717, 1.165) is 50.7 Å². The zero-order chi connectivity index (χ0) is 24.1. The number of pyridine rings is 1. The molecule has 0 spiro atoms. The second kappa shape index (κ2) is 10.3. The Kier molecular flexibility index (Phi) is 7.07. The molecule has 0 aliphatic heterocycles. The van der Waals surface area contributed by atoms with Crippen LogP contribution in [0.5, 0.6) is 5.75 Å². The van der Waals surface area contributed by atoms with Gasteiger partial charge in [-0.3, -0.25) is 9.78 Å². The number of carboxylic acids is 1. The van der Waals surface area contributed by atoms with E-state index in [9.17, 15) is 4.79 Å². The summed E-state index contributed by atoms with van der Waals surface area (Å²) in [5.41, 5.74) is 6.95. The molecule has 6 nitrogen and oxygen atoms in total. The molecule has 2 heterocycles. The maximum absolute atomic E-state index is 10.8. The Labute approximate surface area is 199 Å². The van der Waals surface area contributed by atoms with Crippen LogP contribution in [0.2, 0.25) is 0 Å². The lowest BCUT2D eigenvalue weighted by atomic mass is 10.0. The molecule has 0 aliphatic carbocycles. The number of oxazole rings is 1. The van der Waals surface area contributed by atoms with Crippen LogP contribution in [0, 0.1) is 20.8 Å². The van der Waals surface area contributed by atoms with E-state index in [1.54, 1.807) is 0 Å². The van der Waals surface area contributed by atoms with Crippen LogP contribution in [-0.2, 0) is 17.6 Å². The van der Waals surface area contributed by atoms with Gasteiger partial charge in [-0.1, -0.05) is 24.3 Å². The fraction of sp³-hybridized carbons (Fsp3) is 0.250. The SMILES string of the molecule is Cc1ccc(-c2ccc(-c3nc(CCOc4ccc(CCC(=O)O)c(C)c4)c(C)o3)cc2)nc1. The van der Waals surface area contributed by atoms with Gasteiger partial charge in [-0.25, -0.2) is 4.98 Å². The Morgan fingerprint density at radius 2 is 1.74 bits per heavy atom. The van der Waals surface area contributed by atoms with Gasteiger partial charge in [0, 0.05) is 30.2 Å². The van der Waals surface area contributed by atoms with Crippen molar-refractivity contribution in [1.29, 1.82) is 0 Å². The van der Waals surface area contributed by atoms with Gasteiger partial charge in [-0.2, -0.15) is 0 Å². The van der Waals surface area contributed by atoms with E-state index in [2.05, 4.69) is 16.0 Å². The maximum atomic E-state index is 10.8. The molecular formula is C28H28N2O4. The van der Waals surface area contributed by atoms with Gasteiger partial charge in [0.1, 0.15) is 11.5 Å². The molecule has 2 aromatic heterocycles. The Hall–Kier alpha value is -3.93. The molecule has 0 radical (unpaired) electrons. The summed E-state index contributed by atoms with van der Waals surface area (Å²) in [6.07, 6.45) is 3.13. The Morgan fingerprint density at radius 3 is 2.41 bits per heavy atom. The fourth-order valence-electron chi connectivity index (χ4n) is 3.75. The first-order valence-electron chi connectivity index (χ1n) is 11.3. The molecule has 1 N–H and O–H groups in total. The van der Waals surface area contributed by atoms with Crippen molar-refractivity contribution in [3.05, 3.63) is 88.9 Å². The molecule has 34 heavy (non-hydrogen) atoms. The van der Waals surface area contributed by atoms with Crippen molar-refractivity contribution >= 4 is 5.97 Å². The summed E-state index contributed by atoms with van der Waals surface area (Å²) in [6.45, 7) is 6.38. The monoisotopic (exact) mass is 456 g/mol. The van der Waals surface area contributed by atoms with Crippen molar-refractivity contribution in [2.75, 3.05) is 6.61 Å². The quantitative estimate of drug-likeness (QED) is 0.334. The first-order chi connectivity index (χ1) is 16.4. The molecular weight excluding hydrogens is 428 g/mol. The third kappa shape index (κ3) is 5.70. The zero-order valence-electron chi connectivity index (χ0n) is 19.7. The number of ether oxygens (including phenoxy) is 1. The number of hydrogen-bond donors (Lipinski definition) is 1. The normalized spacial score (nSPS) is 10.9. The largest absolute Gasteiger partial charge is 0.493 e. The van der Waals surface area contributed by atoms with Gasteiger partial charge in [-0.15, -0.1) is 0 Å². The van der Waals surface area contributed by atoms with Gasteiger partial charge >= 0.3 is 5.97 Å². The molecule has 0 saturated heterocycles. The number of carbonyl (C=O) groups is 1. The minimum Gasteiger partial charge on any atom is -0.493 e. The average molecular weight is 457 g/mol. The fourth-order valence-corrected chi connectivity index (χ4v) is 3.75. The van der Waals surface area contributed by atoms with Gasteiger partial charge in [-0.05, 0) is 74.2 Å². The Morgan fingerprint density at radius 1 is 0.971 bits per heavy atom. The highest BCUT2D eigenvalue weighted by Gasteiger charge is 2.12. The lowest BCUT2D eigenvalue weighted by molar-refractivity contribution is -0.136. The lowest BCUT2D eigenvalue weighted by Gasteiger charge is -2.09. The van der Waals surface area contributed by atoms with E-state index in [1.807, 2.05) is 75.5 Å². The minimum absolute atomic E-state index is 0.125. The number of hydrogen-bond acceptors (Lipinski definition) is 5. The molecule has 0 atom stereocenters. The van der Waals surface area contributed by atoms with Crippen LogP contribution < -0.4 is 4.74 Å². The van der Waals surface area contributed by atoms with Crippen molar-refractivity contribution in [1.82, 2.24) is 9.97 Å². The predicted molar refractivity (Wildman–Crippen MR) is 131 cm³/mol. The minimum atomic E-state index is -0.790. The summed E-state index contributed by atoms with van der Waals surface area (Å²) < 4.78 is 11.8. The first-order valence-corrected chi connectivity index (χ1v) is 11.3. The topological polar surface area (TPSA) is 85.5 Å². The summed E-state index contributed by atoms with van der Waals surface area (Å²) in [5.74, 6) is 1.34. The van der Waals surface area contributed by atoms with Crippen LogP contribution in [0.3, 0.4) is 0 Å².